The second kappa shape index (κ2) is 5.21. The van der Waals surface area contributed by atoms with E-state index in [0.29, 0.717) is 23.7 Å². The van der Waals surface area contributed by atoms with E-state index < -0.39 is 5.97 Å². The van der Waals surface area contributed by atoms with Gasteiger partial charge in [0.1, 0.15) is 17.1 Å². The van der Waals surface area contributed by atoms with Crippen molar-refractivity contribution >= 4 is 23.1 Å². The fourth-order valence-electron chi connectivity index (χ4n) is 2.43. The number of carbonyl (C=O) groups is 2. The number of hydrogen-bond donors (Lipinski definition) is 2. The predicted molar refractivity (Wildman–Crippen MR) is 76.4 cm³/mol. The van der Waals surface area contributed by atoms with E-state index in [9.17, 15) is 14.7 Å². The molecule has 0 radical (unpaired) electrons. The minimum atomic E-state index is -1.06. The Morgan fingerprint density at radius 1 is 1.38 bits per heavy atom. The zero-order valence-corrected chi connectivity index (χ0v) is 11.8. The summed E-state index contributed by atoms with van der Waals surface area (Å²) >= 11 is 1.27. The highest BCUT2D eigenvalue weighted by Crippen LogP contribution is 2.40. The van der Waals surface area contributed by atoms with Gasteiger partial charge in [0.05, 0.1) is 17.9 Å². The normalized spacial score (nSPS) is 12.8. The molecule has 2 N–H and O–H groups in total. The Bertz CT molecular complexity index is 718. The van der Waals surface area contributed by atoms with Gasteiger partial charge in [0.15, 0.2) is 0 Å². The molecule has 0 unspecified atom stereocenters. The Labute approximate surface area is 124 Å². The van der Waals surface area contributed by atoms with Crippen molar-refractivity contribution in [2.75, 3.05) is 6.61 Å². The molecule has 2 heterocycles. The summed E-state index contributed by atoms with van der Waals surface area (Å²) in [6.45, 7) is 0.427. The second-order valence-corrected chi connectivity index (χ2v) is 5.67. The Hall–Kier alpha value is -2.34. The number of aliphatic carboxylic acids is 1. The Morgan fingerprint density at radius 2 is 2.19 bits per heavy atom. The monoisotopic (exact) mass is 304 g/mol. The van der Waals surface area contributed by atoms with Crippen LogP contribution >= 0.6 is 11.3 Å². The first-order valence-corrected chi connectivity index (χ1v) is 7.26. The Morgan fingerprint density at radius 3 is 2.86 bits per heavy atom. The zero-order valence-electron chi connectivity index (χ0n) is 11.0. The lowest BCUT2D eigenvalue weighted by Crippen LogP contribution is -2.07. The molecule has 0 atom stereocenters. The van der Waals surface area contributed by atoms with Crippen molar-refractivity contribution in [3.8, 4) is 11.5 Å². The minimum Gasteiger partial charge on any atom is -0.507 e. The molecular weight excluding hydrogens is 292 g/mol. The third-order valence-corrected chi connectivity index (χ3v) is 4.21. The fraction of sp³-hybridized carbons (Fsp3) is 0.200. The maximum absolute atomic E-state index is 12.5. The van der Waals surface area contributed by atoms with Gasteiger partial charge in [-0.1, -0.05) is 6.07 Å². The van der Waals surface area contributed by atoms with Gasteiger partial charge in [-0.2, -0.15) is 0 Å². The first kappa shape index (κ1) is 13.6. The molecule has 108 valence electrons. The van der Waals surface area contributed by atoms with Gasteiger partial charge in [-0.15, -0.1) is 11.3 Å². The molecule has 5 nitrogen and oxygen atoms in total. The van der Waals surface area contributed by atoms with Crippen molar-refractivity contribution in [2.24, 2.45) is 0 Å². The lowest BCUT2D eigenvalue weighted by Gasteiger charge is -2.12. The van der Waals surface area contributed by atoms with Crippen molar-refractivity contribution in [3.05, 3.63) is 45.1 Å². The van der Waals surface area contributed by atoms with E-state index in [-0.39, 0.29) is 29.1 Å². The molecule has 0 spiro atoms. The number of phenolic OH excluding ortho intramolecular Hbond substituents is 1. The molecule has 6 heteroatoms. The van der Waals surface area contributed by atoms with Crippen molar-refractivity contribution in [3.63, 3.8) is 0 Å². The molecule has 0 saturated heterocycles. The molecule has 2 aromatic rings. The molecule has 0 bridgehead atoms. The smallest absolute Gasteiger partial charge is 0.307 e. The molecule has 3 rings (SSSR count). The summed E-state index contributed by atoms with van der Waals surface area (Å²) < 4.78 is 5.47. The van der Waals surface area contributed by atoms with Crippen molar-refractivity contribution < 1.29 is 24.5 Å². The van der Waals surface area contributed by atoms with Crippen LogP contribution in [0.4, 0.5) is 0 Å². The van der Waals surface area contributed by atoms with Crippen LogP contribution in [-0.2, 0) is 17.6 Å². The van der Waals surface area contributed by atoms with Gasteiger partial charge in [0.25, 0.3) is 0 Å². The number of hydrogen-bond acceptors (Lipinski definition) is 5. The van der Waals surface area contributed by atoms with Gasteiger partial charge in [-0.3, -0.25) is 9.59 Å². The standard InChI is InChI=1S/C15H12O5S/c16-11(17)7-9-6-8-3-4-20-15(8)12(13(9)18)14(19)10-2-1-5-21-10/h1-2,5-6,18H,3-4,7H2,(H,16,17). The van der Waals surface area contributed by atoms with E-state index in [0.717, 1.165) is 5.56 Å². The number of carbonyl (C=O) groups excluding carboxylic acids is 1. The summed E-state index contributed by atoms with van der Waals surface area (Å²) in [5, 5.41) is 21.0. The van der Waals surface area contributed by atoms with E-state index in [1.807, 2.05) is 0 Å². The van der Waals surface area contributed by atoms with Crippen LogP contribution < -0.4 is 4.74 Å². The van der Waals surface area contributed by atoms with Gasteiger partial charge < -0.3 is 14.9 Å². The van der Waals surface area contributed by atoms with Crippen LogP contribution in [0.2, 0.25) is 0 Å². The summed E-state index contributed by atoms with van der Waals surface area (Å²) in [6.07, 6.45) is 0.275. The van der Waals surface area contributed by atoms with E-state index in [4.69, 9.17) is 9.84 Å². The average molecular weight is 304 g/mol. The van der Waals surface area contributed by atoms with Crippen LogP contribution in [0, 0.1) is 0 Å². The molecule has 21 heavy (non-hydrogen) atoms. The SMILES string of the molecule is O=C(O)Cc1cc2c(c(C(=O)c3cccs3)c1O)OCC2. The Balaban J connectivity index is 2.16. The molecular formula is C15H12O5S. The van der Waals surface area contributed by atoms with E-state index >= 15 is 0 Å². The van der Waals surface area contributed by atoms with Crippen molar-refractivity contribution in [2.45, 2.75) is 12.8 Å². The molecule has 1 aromatic carbocycles. The summed E-state index contributed by atoms with van der Waals surface area (Å²) in [7, 11) is 0. The molecule has 1 aliphatic rings. The first-order chi connectivity index (χ1) is 10.1. The molecule has 0 fully saturated rings. The van der Waals surface area contributed by atoms with Crippen LogP contribution in [0.1, 0.15) is 26.4 Å². The molecule has 0 amide bonds. The van der Waals surface area contributed by atoms with Gasteiger partial charge in [0, 0.05) is 12.0 Å². The average Bonchev–Trinajstić information content (AvgIpc) is 3.08. The number of thiophene rings is 1. The maximum atomic E-state index is 12.5. The quantitative estimate of drug-likeness (QED) is 0.846. The van der Waals surface area contributed by atoms with Gasteiger partial charge in [-0.05, 0) is 23.1 Å². The highest BCUT2D eigenvalue weighted by molar-refractivity contribution is 7.12. The number of carboxylic acid groups (broad SMARTS) is 1. The number of rotatable bonds is 4. The topological polar surface area (TPSA) is 83.8 Å². The highest BCUT2D eigenvalue weighted by Gasteiger charge is 2.28. The molecule has 1 aromatic heterocycles. The summed E-state index contributed by atoms with van der Waals surface area (Å²) in [5.41, 5.74) is 1.08. The van der Waals surface area contributed by atoms with E-state index in [1.165, 1.54) is 11.3 Å². The van der Waals surface area contributed by atoms with E-state index in [1.54, 1.807) is 23.6 Å². The van der Waals surface area contributed by atoms with Gasteiger partial charge in [-0.25, -0.2) is 0 Å². The van der Waals surface area contributed by atoms with Crippen molar-refractivity contribution in [1.82, 2.24) is 0 Å². The fourth-order valence-corrected chi connectivity index (χ4v) is 3.10. The van der Waals surface area contributed by atoms with Crippen LogP contribution in [0.3, 0.4) is 0 Å². The highest BCUT2D eigenvalue weighted by atomic mass is 32.1. The second-order valence-electron chi connectivity index (χ2n) is 4.72. The molecule has 0 aliphatic carbocycles. The molecule has 1 aliphatic heterocycles. The summed E-state index contributed by atoms with van der Waals surface area (Å²) in [4.78, 5) is 23.9. The minimum absolute atomic E-state index is 0.0729. The third-order valence-electron chi connectivity index (χ3n) is 3.34. The van der Waals surface area contributed by atoms with Crippen molar-refractivity contribution in [1.29, 1.82) is 0 Å². The van der Waals surface area contributed by atoms with E-state index in [2.05, 4.69) is 0 Å². The predicted octanol–water partition coefficient (Wildman–Crippen LogP) is 2.25. The lowest BCUT2D eigenvalue weighted by molar-refractivity contribution is -0.136. The largest absolute Gasteiger partial charge is 0.507 e. The van der Waals surface area contributed by atoms with Crippen LogP contribution in [0.15, 0.2) is 23.6 Å². The number of fused-ring (bicyclic) bond motifs is 1. The van der Waals surface area contributed by atoms with Crippen LogP contribution in [0.5, 0.6) is 11.5 Å². The summed E-state index contributed by atoms with van der Waals surface area (Å²) in [5.74, 6) is -1.32. The maximum Gasteiger partial charge on any atom is 0.307 e. The number of aromatic hydroxyl groups is 1. The number of ketones is 1. The summed E-state index contributed by atoms with van der Waals surface area (Å²) in [6, 6.07) is 5.02. The number of phenols is 1. The number of ether oxygens (including phenoxy) is 1. The van der Waals surface area contributed by atoms with Gasteiger partial charge in [0.2, 0.25) is 5.78 Å². The zero-order chi connectivity index (χ0) is 15.0. The van der Waals surface area contributed by atoms with Gasteiger partial charge >= 0.3 is 5.97 Å². The number of benzene rings is 1. The number of carboxylic acids is 1. The molecule has 0 saturated carbocycles. The lowest BCUT2D eigenvalue weighted by atomic mass is 9.97. The third kappa shape index (κ3) is 2.38. The van der Waals surface area contributed by atoms with Crippen LogP contribution in [-0.4, -0.2) is 28.6 Å². The first-order valence-electron chi connectivity index (χ1n) is 6.38. The Kier molecular flexibility index (Phi) is 3.39. The van der Waals surface area contributed by atoms with Crippen LogP contribution in [0.25, 0.3) is 0 Å².